The largest absolute Gasteiger partial charge is 0.493 e. The lowest BCUT2D eigenvalue weighted by Crippen LogP contribution is -2.39. The number of benzene rings is 1. The minimum Gasteiger partial charge on any atom is -0.493 e. The molecule has 3 rings (SSSR count). The first-order valence-corrected chi connectivity index (χ1v) is 12.4. The van der Waals surface area contributed by atoms with Crippen LogP contribution in [-0.2, 0) is 17.1 Å². The smallest absolute Gasteiger partial charge is 0.240 e. The number of nitrogens with zero attached hydrogens (tertiary/aromatic N) is 2. The summed E-state index contributed by atoms with van der Waals surface area (Å²) in [5.74, 6) is 1.11. The molecule has 1 aliphatic rings. The minimum atomic E-state index is -3.60. The van der Waals surface area contributed by atoms with Gasteiger partial charge in [-0.25, -0.2) is 13.1 Å². The van der Waals surface area contributed by atoms with Gasteiger partial charge in [0, 0.05) is 25.5 Å². The van der Waals surface area contributed by atoms with E-state index in [2.05, 4.69) is 34.1 Å². The molecule has 30 heavy (non-hydrogen) atoms. The third-order valence-electron chi connectivity index (χ3n) is 5.59. The summed E-state index contributed by atoms with van der Waals surface area (Å²) in [6.07, 6.45) is 6.82. The van der Waals surface area contributed by atoms with Crippen LogP contribution in [0.2, 0.25) is 0 Å². The molecule has 0 aliphatic carbocycles. The molecule has 1 fully saturated rings. The van der Waals surface area contributed by atoms with Crippen molar-refractivity contribution in [1.29, 1.82) is 0 Å². The first-order chi connectivity index (χ1) is 14.4. The van der Waals surface area contributed by atoms with Crippen LogP contribution in [0, 0.1) is 5.92 Å². The maximum atomic E-state index is 12.9. The first kappa shape index (κ1) is 22.8. The summed E-state index contributed by atoms with van der Waals surface area (Å²) in [4.78, 5) is 2.69. The van der Waals surface area contributed by atoms with Crippen LogP contribution >= 0.6 is 0 Å². The molecule has 0 radical (unpaired) electrons. The molecule has 1 aliphatic heterocycles. The number of sulfonamides is 1. The van der Waals surface area contributed by atoms with Crippen LogP contribution in [0.15, 0.2) is 47.5 Å². The van der Waals surface area contributed by atoms with Gasteiger partial charge in [-0.05, 0) is 68.2 Å². The van der Waals surface area contributed by atoms with Crippen LogP contribution in [0.5, 0.6) is 5.75 Å². The second kappa shape index (κ2) is 10.5. The number of rotatable bonds is 9. The van der Waals surface area contributed by atoms with Crippen molar-refractivity contribution in [3.05, 3.63) is 48.3 Å². The summed E-state index contributed by atoms with van der Waals surface area (Å²) in [5, 5.41) is 0. The Kier molecular flexibility index (Phi) is 7.97. The predicted octanol–water partition coefficient (Wildman–Crippen LogP) is 3.96. The molecule has 0 bridgehead atoms. The van der Waals surface area contributed by atoms with Crippen molar-refractivity contribution in [3.63, 3.8) is 0 Å². The molecule has 1 unspecified atom stereocenters. The normalized spacial score (nSPS) is 17.1. The maximum absolute atomic E-state index is 12.9. The zero-order chi connectivity index (χ0) is 21.6. The van der Waals surface area contributed by atoms with Crippen LogP contribution in [0.1, 0.15) is 51.3 Å². The molecule has 0 saturated carbocycles. The molecule has 0 spiro atoms. The van der Waals surface area contributed by atoms with E-state index in [0.717, 1.165) is 31.6 Å². The first-order valence-electron chi connectivity index (χ1n) is 10.9. The van der Waals surface area contributed by atoms with Gasteiger partial charge in [-0.3, -0.25) is 4.90 Å². The molecule has 1 aromatic carbocycles. The zero-order valence-corrected chi connectivity index (χ0v) is 19.2. The van der Waals surface area contributed by atoms with Gasteiger partial charge in [0.2, 0.25) is 10.0 Å². The number of hydrogen-bond acceptors (Lipinski definition) is 4. The molecule has 1 N–H and O–H groups in total. The highest BCUT2D eigenvalue weighted by atomic mass is 32.2. The zero-order valence-electron chi connectivity index (χ0n) is 18.4. The van der Waals surface area contributed by atoms with E-state index in [1.54, 1.807) is 24.3 Å². The molecule has 166 valence electrons. The summed E-state index contributed by atoms with van der Waals surface area (Å²) < 4.78 is 36.5. The lowest BCUT2D eigenvalue weighted by molar-refractivity contribution is 0.199. The standard InChI is InChI=1S/C23H35N3O3S/c1-19(2)18-29-20-10-12-21(13-11-20)30(27,28)24-17-23(22-9-8-14-25(22)3)26-15-6-4-5-7-16-26/h8-14,19,23-24H,4-7,15-18H2,1-3H3. The van der Waals surface area contributed by atoms with E-state index in [0.29, 0.717) is 24.8 Å². The molecule has 1 atom stereocenters. The minimum absolute atomic E-state index is 0.0199. The Morgan fingerprint density at radius 3 is 2.27 bits per heavy atom. The monoisotopic (exact) mass is 433 g/mol. The summed E-state index contributed by atoms with van der Waals surface area (Å²) in [6, 6.07) is 10.8. The maximum Gasteiger partial charge on any atom is 0.240 e. The van der Waals surface area contributed by atoms with E-state index in [1.807, 2.05) is 19.3 Å². The highest BCUT2D eigenvalue weighted by Gasteiger charge is 2.25. The van der Waals surface area contributed by atoms with Crippen LogP contribution < -0.4 is 9.46 Å². The van der Waals surface area contributed by atoms with Crippen molar-refractivity contribution in [1.82, 2.24) is 14.2 Å². The van der Waals surface area contributed by atoms with Crippen molar-refractivity contribution < 1.29 is 13.2 Å². The van der Waals surface area contributed by atoms with E-state index < -0.39 is 10.0 Å². The fourth-order valence-electron chi connectivity index (χ4n) is 3.90. The highest BCUT2D eigenvalue weighted by Crippen LogP contribution is 2.25. The van der Waals surface area contributed by atoms with Gasteiger partial charge in [-0.1, -0.05) is 26.7 Å². The molecule has 1 saturated heterocycles. The van der Waals surface area contributed by atoms with Crippen molar-refractivity contribution in [2.24, 2.45) is 13.0 Å². The molecule has 6 nitrogen and oxygen atoms in total. The third kappa shape index (κ3) is 6.09. The Bertz CT molecular complexity index is 883. The number of likely N-dealkylation sites (tertiary alicyclic amines) is 1. The van der Waals surface area contributed by atoms with Crippen molar-refractivity contribution >= 4 is 10.0 Å². The number of aryl methyl sites for hydroxylation is 1. The van der Waals surface area contributed by atoms with Crippen LogP contribution in [0.3, 0.4) is 0 Å². The van der Waals surface area contributed by atoms with Gasteiger partial charge in [-0.15, -0.1) is 0 Å². The quantitative estimate of drug-likeness (QED) is 0.650. The molecular formula is C23H35N3O3S. The van der Waals surface area contributed by atoms with E-state index in [1.165, 1.54) is 12.8 Å². The SMILES string of the molecule is CC(C)COc1ccc(S(=O)(=O)NCC(c2cccn2C)N2CCCCCC2)cc1. The highest BCUT2D eigenvalue weighted by molar-refractivity contribution is 7.89. The molecule has 0 amide bonds. The van der Waals surface area contributed by atoms with Crippen molar-refractivity contribution in [3.8, 4) is 5.75 Å². The Morgan fingerprint density at radius 1 is 1.03 bits per heavy atom. The van der Waals surface area contributed by atoms with Crippen molar-refractivity contribution in [2.45, 2.75) is 50.5 Å². The summed E-state index contributed by atoms with van der Waals surface area (Å²) >= 11 is 0. The average Bonchev–Trinajstić information content (AvgIpc) is 2.97. The van der Waals surface area contributed by atoms with E-state index in [4.69, 9.17) is 4.74 Å². The fourth-order valence-corrected chi connectivity index (χ4v) is 4.94. The number of hydrogen-bond donors (Lipinski definition) is 1. The fraction of sp³-hybridized carbons (Fsp3) is 0.565. The lowest BCUT2D eigenvalue weighted by atomic mass is 10.1. The summed E-state index contributed by atoms with van der Waals surface area (Å²) in [6.45, 7) is 7.12. The topological polar surface area (TPSA) is 63.6 Å². The van der Waals surface area contributed by atoms with Crippen LogP contribution in [0.25, 0.3) is 0 Å². The molecule has 7 heteroatoms. The summed E-state index contributed by atoms with van der Waals surface area (Å²) in [7, 11) is -1.58. The van der Waals surface area contributed by atoms with Crippen molar-refractivity contribution in [2.75, 3.05) is 26.2 Å². The number of aromatic nitrogens is 1. The van der Waals surface area contributed by atoms with Gasteiger partial charge in [-0.2, -0.15) is 0 Å². The Balaban J connectivity index is 1.71. The van der Waals surface area contributed by atoms with E-state index in [-0.39, 0.29) is 10.9 Å². The van der Waals surface area contributed by atoms with Gasteiger partial charge >= 0.3 is 0 Å². The van der Waals surface area contributed by atoms with E-state index in [9.17, 15) is 8.42 Å². The predicted molar refractivity (Wildman–Crippen MR) is 120 cm³/mol. The van der Waals surface area contributed by atoms with Gasteiger partial charge in [0.1, 0.15) is 5.75 Å². The van der Waals surface area contributed by atoms with Gasteiger partial charge < -0.3 is 9.30 Å². The van der Waals surface area contributed by atoms with Crippen LogP contribution in [-0.4, -0.2) is 44.1 Å². The molecular weight excluding hydrogens is 398 g/mol. The Labute approximate surface area is 181 Å². The molecule has 1 aromatic heterocycles. The average molecular weight is 434 g/mol. The molecule has 2 heterocycles. The van der Waals surface area contributed by atoms with Crippen LogP contribution in [0.4, 0.5) is 0 Å². The lowest BCUT2D eigenvalue weighted by Gasteiger charge is -2.31. The van der Waals surface area contributed by atoms with Gasteiger partial charge in [0.15, 0.2) is 0 Å². The summed E-state index contributed by atoms with van der Waals surface area (Å²) in [5.41, 5.74) is 1.14. The number of ether oxygens (including phenoxy) is 1. The second-order valence-corrected chi connectivity index (χ2v) is 10.3. The Morgan fingerprint density at radius 2 is 1.70 bits per heavy atom. The van der Waals surface area contributed by atoms with E-state index >= 15 is 0 Å². The Hall–Kier alpha value is -1.83. The third-order valence-corrected chi connectivity index (χ3v) is 7.03. The number of nitrogens with one attached hydrogen (secondary N) is 1. The van der Waals surface area contributed by atoms with Gasteiger partial charge in [0.05, 0.1) is 17.5 Å². The molecule has 2 aromatic rings. The second-order valence-electron chi connectivity index (χ2n) is 8.54. The van der Waals surface area contributed by atoms with Gasteiger partial charge in [0.25, 0.3) is 0 Å².